The third-order valence-corrected chi connectivity index (χ3v) is 4.67. The van der Waals surface area contributed by atoms with E-state index in [-0.39, 0.29) is 11.9 Å². The fraction of sp³-hybridized carbons (Fsp3) is 0.450. The molecule has 2 N–H and O–H groups in total. The summed E-state index contributed by atoms with van der Waals surface area (Å²) < 4.78 is 0. The average molecular weight is 338 g/mol. The van der Waals surface area contributed by atoms with Gasteiger partial charge in [-0.05, 0) is 38.3 Å². The molecule has 132 valence electrons. The van der Waals surface area contributed by atoms with Crippen molar-refractivity contribution in [3.8, 4) is 0 Å². The van der Waals surface area contributed by atoms with E-state index in [1.54, 1.807) is 6.07 Å². The first-order valence-corrected chi connectivity index (χ1v) is 9.10. The molecule has 1 aliphatic rings. The van der Waals surface area contributed by atoms with Crippen molar-refractivity contribution in [3.63, 3.8) is 0 Å². The molecule has 0 bridgehead atoms. The van der Waals surface area contributed by atoms with E-state index >= 15 is 0 Å². The van der Waals surface area contributed by atoms with E-state index in [9.17, 15) is 4.79 Å². The minimum absolute atomic E-state index is 0.0706. The monoisotopic (exact) mass is 338 g/mol. The lowest BCUT2D eigenvalue weighted by atomic mass is 9.96. The van der Waals surface area contributed by atoms with Crippen LogP contribution in [0.3, 0.4) is 0 Å². The molecule has 0 spiro atoms. The van der Waals surface area contributed by atoms with Gasteiger partial charge in [-0.1, -0.05) is 49.6 Å². The van der Waals surface area contributed by atoms with Crippen LogP contribution < -0.4 is 10.6 Å². The van der Waals surface area contributed by atoms with E-state index in [0.29, 0.717) is 17.7 Å². The summed E-state index contributed by atoms with van der Waals surface area (Å²) in [5.41, 5.74) is 2.28. The van der Waals surface area contributed by atoms with Crippen LogP contribution in [0.25, 0.3) is 0 Å². The number of carbonyl (C=O) groups excluding carboxylic acids is 1. The van der Waals surface area contributed by atoms with Crippen molar-refractivity contribution in [2.75, 3.05) is 5.32 Å². The summed E-state index contributed by atoms with van der Waals surface area (Å²) in [4.78, 5) is 21.5. The lowest BCUT2D eigenvalue weighted by Gasteiger charge is -2.23. The molecule has 1 unspecified atom stereocenters. The molecule has 5 heteroatoms. The lowest BCUT2D eigenvalue weighted by molar-refractivity contribution is 0.0934. The van der Waals surface area contributed by atoms with Crippen LogP contribution in [0.2, 0.25) is 0 Å². The first-order valence-electron chi connectivity index (χ1n) is 9.10. The van der Waals surface area contributed by atoms with Gasteiger partial charge in [-0.3, -0.25) is 4.79 Å². The zero-order valence-corrected chi connectivity index (χ0v) is 15.0. The van der Waals surface area contributed by atoms with Gasteiger partial charge >= 0.3 is 0 Å². The van der Waals surface area contributed by atoms with Crippen LogP contribution in [0, 0.1) is 6.92 Å². The Morgan fingerprint density at radius 3 is 2.56 bits per heavy atom. The summed E-state index contributed by atoms with van der Waals surface area (Å²) in [7, 11) is 0. The summed E-state index contributed by atoms with van der Waals surface area (Å²) in [5.74, 6) is 0.387. The third kappa shape index (κ3) is 4.78. The Morgan fingerprint density at radius 2 is 1.84 bits per heavy atom. The van der Waals surface area contributed by atoms with Crippen molar-refractivity contribution in [3.05, 3.63) is 53.3 Å². The van der Waals surface area contributed by atoms with E-state index in [1.807, 2.05) is 44.2 Å². The summed E-state index contributed by atoms with van der Waals surface area (Å²) in [6.45, 7) is 3.87. The van der Waals surface area contributed by atoms with Gasteiger partial charge in [0, 0.05) is 11.7 Å². The number of carbonyl (C=O) groups is 1. The number of nitrogens with zero attached hydrogens (tertiary/aromatic N) is 2. The van der Waals surface area contributed by atoms with Crippen molar-refractivity contribution < 1.29 is 4.79 Å². The number of anilines is 1. The maximum Gasteiger partial charge on any atom is 0.270 e. The highest BCUT2D eigenvalue weighted by Crippen LogP contribution is 2.20. The number of amides is 1. The topological polar surface area (TPSA) is 66.9 Å². The first-order chi connectivity index (χ1) is 12.1. The minimum atomic E-state index is -0.173. The molecule has 1 atom stereocenters. The molecule has 1 heterocycles. The quantitative estimate of drug-likeness (QED) is 0.864. The molecular weight excluding hydrogens is 312 g/mol. The van der Waals surface area contributed by atoms with Crippen molar-refractivity contribution in [1.82, 2.24) is 15.3 Å². The zero-order chi connectivity index (χ0) is 17.6. The molecule has 0 radical (unpaired) electrons. The van der Waals surface area contributed by atoms with Crippen LogP contribution >= 0.6 is 0 Å². The summed E-state index contributed by atoms with van der Waals surface area (Å²) in [6, 6.07) is 12.0. The molecule has 2 aromatic rings. The Labute approximate surface area is 149 Å². The van der Waals surface area contributed by atoms with Crippen molar-refractivity contribution in [2.24, 2.45) is 0 Å². The molecule has 3 rings (SSSR count). The highest BCUT2D eigenvalue weighted by molar-refractivity contribution is 5.92. The molecule has 0 saturated heterocycles. The molecule has 1 saturated carbocycles. The second-order valence-corrected chi connectivity index (χ2v) is 6.80. The molecule has 1 aliphatic carbocycles. The summed E-state index contributed by atoms with van der Waals surface area (Å²) >= 11 is 0. The Bertz CT molecular complexity index is 711. The highest BCUT2D eigenvalue weighted by Gasteiger charge is 2.17. The molecule has 1 amide bonds. The van der Waals surface area contributed by atoms with Gasteiger partial charge in [0.1, 0.15) is 5.69 Å². The number of aryl methyl sites for hydroxylation is 1. The number of rotatable bonds is 5. The van der Waals surface area contributed by atoms with Gasteiger partial charge in [0.05, 0.1) is 6.04 Å². The third-order valence-electron chi connectivity index (χ3n) is 4.67. The van der Waals surface area contributed by atoms with Gasteiger partial charge in [-0.25, -0.2) is 9.97 Å². The molecular formula is C20H26N4O. The largest absolute Gasteiger partial charge is 0.351 e. The molecule has 1 fully saturated rings. The van der Waals surface area contributed by atoms with E-state index in [0.717, 1.165) is 24.1 Å². The van der Waals surface area contributed by atoms with Crippen molar-refractivity contribution >= 4 is 11.9 Å². The van der Waals surface area contributed by atoms with Crippen LogP contribution in [0.15, 0.2) is 36.4 Å². The van der Waals surface area contributed by atoms with Crippen LogP contribution in [0.4, 0.5) is 5.95 Å². The number of hydrogen-bond donors (Lipinski definition) is 2. The molecule has 5 nitrogen and oxygen atoms in total. The Morgan fingerprint density at radius 1 is 1.12 bits per heavy atom. The summed E-state index contributed by atoms with van der Waals surface area (Å²) in [5, 5.41) is 6.41. The van der Waals surface area contributed by atoms with Gasteiger partial charge in [0.25, 0.3) is 5.91 Å². The smallest absolute Gasteiger partial charge is 0.270 e. The van der Waals surface area contributed by atoms with Gasteiger partial charge in [0.15, 0.2) is 0 Å². The van der Waals surface area contributed by atoms with Gasteiger partial charge < -0.3 is 10.6 Å². The molecule has 0 aliphatic heterocycles. The number of nitrogens with one attached hydrogen (secondary N) is 2. The molecule has 25 heavy (non-hydrogen) atoms. The van der Waals surface area contributed by atoms with E-state index in [4.69, 9.17) is 0 Å². The predicted octanol–water partition coefficient (Wildman–Crippen LogP) is 4.02. The fourth-order valence-electron chi connectivity index (χ4n) is 3.27. The van der Waals surface area contributed by atoms with E-state index in [2.05, 4.69) is 20.6 Å². The van der Waals surface area contributed by atoms with Crippen LogP contribution in [0.1, 0.15) is 66.8 Å². The Balaban J connectivity index is 1.69. The lowest BCUT2D eigenvalue weighted by Crippen LogP contribution is -2.29. The number of benzene rings is 1. The number of aromatic nitrogens is 2. The Hall–Kier alpha value is -2.43. The average Bonchev–Trinajstić information content (AvgIpc) is 2.62. The second kappa shape index (κ2) is 8.10. The van der Waals surface area contributed by atoms with Crippen LogP contribution in [-0.2, 0) is 0 Å². The van der Waals surface area contributed by atoms with Crippen LogP contribution in [-0.4, -0.2) is 21.9 Å². The Kier molecular flexibility index (Phi) is 5.64. The maximum absolute atomic E-state index is 12.6. The summed E-state index contributed by atoms with van der Waals surface area (Å²) in [6.07, 6.45) is 6.07. The van der Waals surface area contributed by atoms with Crippen molar-refractivity contribution in [2.45, 2.75) is 58.0 Å². The SMILES string of the molecule is Cc1cc(C(=O)NC(C)c2ccccc2)nc(NC2CCCCC2)n1. The number of hydrogen-bond acceptors (Lipinski definition) is 4. The van der Waals surface area contributed by atoms with E-state index in [1.165, 1.54) is 19.3 Å². The van der Waals surface area contributed by atoms with Crippen LogP contribution in [0.5, 0.6) is 0 Å². The highest BCUT2D eigenvalue weighted by atomic mass is 16.1. The second-order valence-electron chi connectivity index (χ2n) is 6.80. The normalized spacial score (nSPS) is 16.2. The first kappa shape index (κ1) is 17.4. The predicted molar refractivity (Wildman–Crippen MR) is 99.6 cm³/mol. The van der Waals surface area contributed by atoms with Gasteiger partial charge in [-0.15, -0.1) is 0 Å². The van der Waals surface area contributed by atoms with Gasteiger partial charge in [-0.2, -0.15) is 0 Å². The molecule has 1 aromatic carbocycles. The maximum atomic E-state index is 12.6. The minimum Gasteiger partial charge on any atom is -0.351 e. The van der Waals surface area contributed by atoms with E-state index < -0.39 is 0 Å². The standard InChI is InChI=1S/C20H26N4O/c1-14-13-18(19(25)22-15(2)16-9-5-3-6-10-16)24-20(21-14)23-17-11-7-4-8-12-17/h3,5-6,9-10,13,15,17H,4,7-8,11-12H2,1-2H3,(H,22,25)(H,21,23,24). The molecule has 1 aromatic heterocycles. The van der Waals surface area contributed by atoms with Gasteiger partial charge in [0.2, 0.25) is 5.95 Å². The fourth-order valence-corrected chi connectivity index (χ4v) is 3.27. The zero-order valence-electron chi connectivity index (χ0n) is 15.0. The van der Waals surface area contributed by atoms with Crippen molar-refractivity contribution in [1.29, 1.82) is 0 Å².